The topological polar surface area (TPSA) is 8.17 Å². The van der Waals surface area contributed by atoms with Crippen molar-refractivity contribution in [3.05, 3.63) is 206 Å². The van der Waals surface area contributed by atoms with Crippen molar-refractivity contribution in [3.63, 3.8) is 0 Å². The number of thiophene rings is 2. The molecule has 12 aromatic rings. The summed E-state index contributed by atoms with van der Waals surface area (Å²) in [6.07, 6.45) is 0. The number of benzene rings is 9. The third-order valence-electron chi connectivity index (χ3n) is 11.6. The van der Waals surface area contributed by atoms with Gasteiger partial charge in [-0.15, -0.1) is 22.7 Å². The lowest BCUT2D eigenvalue weighted by Crippen LogP contribution is -2.11. The summed E-state index contributed by atoms with van der Waals surface area (Å²) in [5, 5.41) is 7.59. The minimum absolute atomic E-state index is 1.12. The van der Waals surface area contributed by atoms with Crippen molar-refractivity contribution in [2.75, 3.05) is 4.90 Å². The summed E-state index contributed by atoms with van der Waals surface area (Å²) in [5.74, 6) is 0. The molecule has 58 heavy (non-hydrogen) atoms. The molecule has 3 heterocycles. The zero-order valence-corrected chi connectivity index (χ0v) is 33.0. The molecule has 0 aliphatic heterocycles. The molecule has 0 aliphatic rings. The van der Waals surface area contributed by atoms with Crippen LogP contribution in [0.3, 0.4) is 0 Å². The number of hydrogen-bond donors (Lipinski definition) is 0. The van der Waals surface area contributed by atoms with Gasteiger partial charge in [0.1, 0.15) is 0 Å². The van der Waals surface area contributed by atoms with E-state index in [-0.39, 0.29) is 0 Å². The molecule has 0 N–H and O–H groups in total. The van der Waals surface area contributed by atoms with Gasteiger partial charge in [0.2, 0.25) is 0 Å². The van der Waals surface area contributed by atoms with Crippen LogP contribution in [-0.2, 0) is 0 Å². The number of aromatic nitrogens is 1. The van der Waals surface area contributed by atoms with Crippen molar-refractivity contribution in [2.45, 2.75) is 0 Å². The van der Waals surface area contributed by atoms with E-state index in [1.54, 1.807) is 0 Å². The first-order valence-corrected chi connectivity index (χ1v) is 21.3. The van der Waals surface area contributed by atoms with E-state index in [2.05, 4.69) is 216 Å². The Labute approximate surface area is 343 Å². The van der Waals surface area contributed by atoms with Gasteiger partial charge in [-0.3, -0.25) is 0 Å². The Bertz CT molecular complexity index is 3500. The molecule has 0 atom stereocenters. The molecule has 12 rings (SSSR count). The summed E-state index contributed by atoms with van der Waals surface area (Å²) in [4.78, 5) is 2.54. The van der Waals surface area contributed by atoms with Gasteiger partial charge in [0.15, 0.2) is 0 Å². The highest BCUT2D eigenvalue weighted by molar-refractivity contribution is 7.27. The van der Waals surface area contributed by atoms with Crippen LogP contribution < -0.4 is 4.90 Å². The summed E-state index contributed by atoms with van der Waals surface area (Å²) in [5.41, 5.74) is 12.0. The predicted octanol–water partition coefficient (Wildman–Crippen LogP) is 16.3. The lowest BCUT2D eigenvalue weighted by molar-refractivity contribution is 1.18. The highest BCUT2D eigenvalue weighted by atomic mass is 32.1. The second kappa shape index (κ2) is 13.3. The second-order valence-electron chi connectivity index (χ2n) is 14.8. The summed E-state index contributed by atoms with van der Waals surface area (Å²) in [7, 11) is 0. The molecule has 0 saturated carbocycles. The quantitative estimate of drug-likeness (QED) is 0.163. The van der Waals surface area contributed by atoms with Gasteiger partial charge >= 0.3 is 0 Å². The monoisotopic (exact) mass is 774 g/mol. The first-order chi connectivity index (χ1) is 28.8. The number of rotatable bonds is 6. The van der Waals surface area contributed by atoms with Gasteiger partial charge in [0.25, 0.3) is 0 Å². The zero-order chi connectivity index (χ0) is 38.2. The Hall–Kier alpha value is -6.98. The highest BCUT2D eigenvalue weighted by Gasteiger charge is 2.25. The summed E-state index contributed by atoms with van der Waals surface area (Å²) in [6, 6.07) is 75.5. The first kappa shape index (κ1) is 33.2. The smallest absolute Gasteiger partial charge is 0.0640 e. The molecule has 0 amide bonds. The largest absolute Gasteiger partial charge is 0.309 e. The van der Waals surface area contributed by atoms with Crippen molar-refractivity contribution in [1.82, 2.24) is 4.57 Å². The van der Waals surface area contributed by atoms with Crippen molar-refractivity contribution in [1.29, 1.82) is 0 Å². The van der Waals surface area contributed by atoms with Crippen molar-refractivity contribution < 1.29 is 0 Å². The van der Waals surface area contributed by atoms with Crippen LogP contribution in [0.1, 0.15) is 0 Å². The van der Waals surface area contributed by atoms with Crippen LogP contribution in [0.25, 0.3) is 90.1 Å². The molecule has 0 aliphatic carbocycles. The number of hydrogen-bond acceptors (Lipinski definition) is 3. The van der Waals surface area contributed by atoms with Crippen LogP contribution >= 0.6 is 22.7 Å². The van der Waals surface area contributed by atoms with Crippen LogP contribution in [0, 0.1) is 0 Å². The fourth-order valence-electron chi connectivity index (χ4n) is 9.03. The molecule has 9 aromatic carbocycles. The lowest BCUT2D eigenvalue weighted by atomic mass is 9.99. The summed E-state index contributed by atoms with van der Waals surface area (Å²) in [6.45, 7) is 0. The van der Waals surface area contributed by atoms with Gasteiger partial charge < -0.3 is 9.47 Å². The van der Waals surface area contributed by atoms with E-state index in [1.807, 2.05) is 22.7 Å². The van der Waals surface area contributed by atoms with Crippen molar-refractivity contribution in [3.8, 4) is 27.9 Å². The molecule has 4 heteroatoms. The SMILES string of the molecule is c1ccc(-c2cccc3c2sc2c(N(c4ccc5c6ccccc6n(-c6ccccc6)c5c4)c4ccc(-c5ccccc5)c5sc6ccccc6c45)cccc23)cc1. The third-order valence-corrected chi connectivity index (χ3v) is 14.1. The average Bonchev–Trinajstić information content (AvgIpc) is 3.98. The Morgan fingerprint density at radius 3 is 1.74 bits per heavy atom. The highest BCUT2D eigenvalue weighted by Crippen LogP contribution is 2.52. The zero-order valence-electron chi connectivity index (χ0n) is 31.3. The van der Waals surface area contributed by atoms with Gasteiger partial charge in [-0.2, -0.15) is 0 Å². The van der Waals surface area contributed by atoms with E-state index in [4.69, 9.17) is 0 Å². The average molecular weight is 775 g/mol. The van der Waals surface area contributed by atoms with Gasteiger partial charge in [-0.05, 0) is 70.8 Å². The van der Waals surface area contributed by atoms with Gasteiger partial charge in [0, 0.05) is 57.8 Å². The predicted molar refractivity (Wildman–Crippen MR) is 252 cm³/mol. The minimum Gasteiger partial charge on any atom is -0.309 e. The molecule has 272 valence electrons. The maximum atomic E-state index is 2.54. The first-order valence-electron chi connectivity index (χ1n) is 19.7. The molecule has 0 saturated heterocycles. The molecule has 3 aromatic heterocycles. The van der Waals surface area contributed by atoms with Crippen LogP contribution in [0.5, 0.6) is 0 Å². The minimum atomic E-state index is 1.12. The number of nitrogens with zero attached hydrogens (tertiary/aromatic N) is 2. The van der Waals surface area contributed by atoms with E-state index in [0.717, 1.165) is 11.4 Å². The van der Waals surface area contributed by atoms with E-state index >= 15 is 0 Å². The summed E-state index contributed by atoms with van der Waals surface area (Å²) < 4.78 is 7.58. The maximum absolute atomic E-state index is 2.54. The molecular weight excluding hydrogens is 741 g/mol. The molecule has 0 radical (unpaired) electrons. The van der Waals surface area contributed by atoms with E-state index in [1.165, 1.54) is 95.8 Å². The molecule has 0 bridgehead atoms. The van der Waals surface area contributed by atoms with Crippen LogP contribution in [0.15, 0.2) is 206 Å². The molecule has 0 spiro atoms. The fourth-order valence-corrected chi connectivity index (χ4v) is 11.6. The van der Waals surface area contributed by atoms with E-state index in [9.17, 15) is 0 Å². The number of anilines is 3. The molecule has 2 nitrogen and oxygen atoms in total. The van der Waals surface area contributed by atoms with Crippen molar-refractivity contribution in [2.24, 2.45) is 0 Å². The Morgan fingerprint density at radius 1 is 0.362 bits per heavy atom. The Kier molecular flexibility index (Phi) is 7.62. The Balaban J connectivity index is 1.20. The van der Waals surface area contributed by atoms with E-state index in [0.29, 0.717) is 0 Å². The van der Waals surface area contributed by atoms with Crippen LogP contribution in [-0.4, -0.2) is 4.57 Å². The molecule has 0 unspecified atom stereocenters. The standard InChI is InChI=1S/C54H34N2S2/c1-4-16-35(17-5-1)39-24-14-25-43-44-26-15-28-48(53(44)58-52(39)43)56(38-30-31-42-41-22-10-12-27-46(41)55(49(42)34-38)37-20-8-3-9-21-37)47-33-32-40(36-18-6-2-7-19-36)54-51(47)45-23-11-13-29-50(45)57-54/h1-34H. The van der Waals surface area contributed by atoms with Crippen LogP contribution in [0.4, 0.5) is 17.1 Å². The van der Waals surface area contributed by atoms with Crippen molar-refractivity contribution >= 4 is 102 Å². The second-order valence-corrected chi connectivity index (χ2v) is 16.9. The maximum Gasteiger partial charge on any atom is 0.0640 e. The molecule has 0 fully saturated rings. The third kappa shape index (κ3) is 5.09. The van der Waals surface area contributed by atoms with Gasteiger partial charge in [-0.1, -0.05) is 158 Å². The van der Waals surface area contributed by atoms with Crippen LogP contribution in [0.2, 0.25) is 0 Å². The normalized spacial score (nSPS) is 11.8. The molecular formula is C54H34N2S2. The Morgan fingerprint density at radius 2 is 0.966 bits per heavy atom. The van der Waals surface area contributed by atoms with Gasteiger partial charge in [-0.25, -0.2) is 0 Å². The lowest BCUT2D eigenvalue weighted by Gasteiger charge is -2.28. The number of para-hydroxylation sites is 2. The van der Waals surface area contributed by atoms with Gasteiger partial charge in [0.05, 0.1) is 27.1 Å². The van der Waals surface area contributed by atoms with E-state index < -0.39 is 0 Å². The fraction of sp³-hybridized carbons (Fsp3) is 0. The summed E-state index contributed by atoms with van der Waals surface area (Å²) >= 11 is 3.79. The number of fused-ring (bicyclic) bond motifs is 9.